The van der Waals surface area contributed by atoms with Crippen LogP contribution >= 0.6 is 0 Å². The molecule has 18 heavy (non-hydrogen) atoms. The first kappa shape index (κ1) is 14.0. The van der Waals surface area contributed by atoms with E-state index >= 15 is 0 Å². The van der Waals surface area contributed by atoms with Crippen LogP contribution < -0.4 is 4.74 Å². The van der Waals surface area contributed by atoms with E-state index < -0.39 is 11.9 Å². The van der Waals surface area contributed by atoms with Crippen LogP contribution in [0, 0.1) is 13.8 Å². The lowest BCUT2D eigenvalue weighted by molar-refractivity contribution is -0.138. The van der Waals surface area contributed by atoms with E-state index in [1.807, 2.05) is 26.0 Å². The van der Waals surface area contributed by atoms with E-state index in [4.69, 9.17) is 4.74 Å². The molecule has 0 amide bonds. The highest BCUT2D eigenvalue weighted by Gasteiger charge is 2.05. The zero-order valence-corrected chi connectivity index (χ0v) is 10.7. The lowest BCUT2D eigenvalue weighted by Gasteiger charge is -2.05. The number of ether oxygens (including phenoxy) is 2. The van der Waals surface area contributed by atoms with Gasteiger partial charge in [0.15, 0.2) is 0 Å². The summed E-state index contributed by atoms with van der Waals surface area (Å²) in [5.41, 5.74) is 1.86. The molecule has 0 aromatic heterocycles. The fourth-order valence-electron chi connectivity index (χ4n) is 1.29. The molecule has 4 heteroatoms. The van der Waals surface area contributed by atoms with E-state index in [0.717, 1.165) is 23.3 Å². The zero-order valence-electron chi connectivity index (χ0n) is 10.7. The van der Waals surface area contributed by atoms with Crippen LogP contribution in [0.1, 0.15) is 18.1 Å². The largest absolute Gasteiger partial charge is 0.463 e. The Balaban J connectivity index is 2.65. The Morgan fingerprint density at radius 2 is 1.83 bits per heavy atom. The van der Waals surface area contributed by atoms with Crippen LogP contribution in [-0.4, -0.2) is 18.5 Å². The van der Waals surface area contributed by atoms with E-state index in [0.29, 0.717) is 5.75 Å². The number of benzene rings is 1. The second-order valence-corrected chi connectivity index (χ2v) is 3.78. The Morgan fingerprint density at radius 1 is 1.17 bits per heavy atom. The van der Waals surface area contributed by atoms with Crippen LogP contribution in [-0.2, 0) is 14.3 Å². The highest BCUT2D eigenvalue weighted by Crippen LogP contribution is 2.19. The van der Waals surface area contributed by atoms with Crippen LogP contribution in [0.15, 0.2) is 30.4 Å². The van der Waals surface area contributed by atoms with Gasteiger partial charge in [0.05, 0.1) is 6.61 Å². The molecular formula is C14H16O4. The van der Waals surface area contributed by atoms with Gasteiger partial charge >= 0.3 is 11.9 Å². The van der Waals surface area contributed by atoms with E-state index in [1.54, 1.807) is 13.0 Å². The Morgan fingerprint density at radius 3 is 2.50 bits per heavy atom. The summed E-state index contributed by atoms with van der Waals surface area (Å²) in [5, 5.41) is 0. The maximum Gasteiger partial charge on any atom is 0.336 e. The van der Waals surface area contributed by atoms with Crippen LogP contribution in [0.3, 0.4) is 0 Å². The summed E-state index contributed by atoms with van der Waals surface area (Å²) >= 11 is 0. The van der Waals surface area contributed by atoms with Crippen LogP contribution in [0.4, 0.5) is 0 Å². The smallest absolute Gasteiger partial charge is 0.336 e. The molecule has 0 unspecified atom stereocenters. The van der Waals surface area contributed by atoms with Crippen molar-refractivity contribution in [3.63, 3.8) is 0 Å². The summed E-state index contributed by atoms with van der Waals surface area (Å²) in [6.07, 6.45) is 2.11. The number of carbonyl (C=O) groups is 2. The maximum absolute atomic E-state index is 11.5. The van der Waals surface area contributed by atoms with Crippen LogP contribution in [0.25, 0.3) is 0 Å². The summed E-state index contributed by atoms with van der Waals surface area (Å²) in [6, 6.07) is 5.57. The van der Waals surface area contributed by atoms with Crippen molar-refractivity contribution in [1.82, 2.24) is 0 Å². The third kappa shape index (κ3) is 4.41. The molecule has 0 bridgehead atoms. The summed E-state index contributed by atoms with van der Waals surface area (Å²) in [4.78, 5) is 22.5. The standard InChI is InChI=1S/C14H16O4/c1-4-17-13(15)7-8-14(16)18-12-9-10(2)5-6-11(12)3/h5-9H,4H2,1-3H3/b8-7+. The molecule has 96 valence electrons. The number of aryl methyl sites for hydroxylation is 2. The van der Waals surface area contributed by atoms with E-state index in [-0.39, 0.29) is 6.61 Å². The van der Waals surface area contributed by atoms with Crippen molar-refractivity contribution in [2.45, 2.75) is 20.8 Å². The van der Waals surface area contributed by atoms with Gasteiger partial charge in [-0.25, -0.2) is 9.59 Å². The minimum Gasteiger partial charge on any atom is -0.463 e. The summed E-state index contributed by atoms with van der Waals surface area (Å²) in [7, 11) is 0. The topological polar surface area (TPSA) is 52.6 Å². The van der Waals surface area contributed by atoms with E-state index in [1.165, 1.54) is 0 Å². The third-order valence-corrected chi connectivity index (χ3v) is 2.20. The van der Waals surface area contributed by atoms with Gasteiger partial charge < -0.3 is 9.47 Å². The normalized spacial score (nSPS) is 10.4. The molecular weight excluding hydrogens is 232 g/mol. The number of esters is 2. The minimum absolute atomic E-state index is 0.273. The van der Waals surface area contributed by atoms with Gasteiger partial charge in [0, 0.05) is 12.2 Å². The predicted octanol–water partition coefficient (Wildman–Crippen LogP) is 2.33. The fraction of sp³-hybridized carbons (Fsp3) is 0.286. The number of hydrogen-bond donors (Lipinski definition) is 0. The quantitative estimate of drug-likeness (QED) is 0.466. The van der Waals surface area contributed by atoms with Gasteiger partial charge in [-0.3, -0.25) is 0 Å². The molecule has 0 fully saturated rings. The first-order valence-electron chi connectivity index (χ1n) is 5.67. The van der Waals surface area contributed by atoms with Gasteiger partial charge in [0.25, 0.3) is 0 Å². The zero-order chi connectivity index (χ0) is 13.5. The molecule has 0 atom stereocenters. The van der Waals surface area contributed by atoms with E-state index in [9.17, 15) is 9.59 Å². The minimum atomic E-state index is -0.600. The highest BCUT2D eigenvalue weighted by atomic mass is 16.5. The Labute approximate surface area is 106 Å². The summed E-state index contributed by atoms with van der Waals surface area (Å²) in [6.45, 7) is 5.72. The molecule has 1 aromatic carbocycles. The van der Waals surface area contributed by atoms with Crippen LogP contribution in [0.2, 0.25) is 0 Å². The molecule has 1 aromatic rings. The molecule has 0 saturated heterocycles. The van der Waals surface area contributed by atoms with Gasteiger partial charge in [-0.2, -0.15) is 0 Å². The van der Waals surface area contributed by atoms with Gasteiger partial charge in [-0.15, -0.1) is 0 Å². The molecule has 4 nitrogen and oxygen atoms in total. The van der Waals surface area contributed by atoms with Crippen molar-refractivity contribution < 1.29 is 19.1 Å². The molecule has 0 heterocycles. The molecule has 0 aliphatic heterocycles. The first-order valence-corrected chi connectivity index (χ1v) is 5.67. The second-order valence-electron chi connectivity index (χ2n) is 3.78. The molecule has 0 radical (unpaired) electrons. The van der Waals surface area contributed by atoms with Crippen molar-refractivity contribution in [2.24, 2.45) is 0 Å². The van der Waals surface area contributed by atoms with Crippen molar-refractivity contribution in [3.05, 3.63) is 41.5 Å². The average molecular weight is 248 g/mol. The van der Waals surface area contributed by atoms with Gasteiger partial charge in [0.2, 0.25) is 0 Å². The second kappa shape index (κ2) is 6.59. The molecule has 0 N–H and O–H groups in total. The molecule has 1 rings (SSSR count). The van der Waals surface area contributed by atoms with Gasteiger partial charge in [-0.05, 0) is 38.0 Å². The fourth-order valence-corrected chi connectivity index (χ4v) is 1.29. The van der Waals surface area contributed by atoms with Crippen molar-refractivity contribution in [2.75, 3.05) is 6.61 Å². The number of carbonyl (C=O) groups excluding carboxylic acids is 2. The van der Waals surface area contributed by atoms with Gasteiger partial charge in [-0.1, -0.05) is 12.1 Å². The third-order valence-electron chi connectivity index (χ3n) is 2.20. The predicted molar refractivity (Wildman–Crippen MR) is 67.3 cm³/mol. The van der Waals surface area contributed by atoms with Crippen molar-refractivity contribution in [1.29, 1.82) is 0 Å². The van der Waals surface area contributed by atoms with Gasteiger partial charge in [0.1, 0.15) is 5.75 Å². The van der Waals surface area contributed by atoms with Crippen molar-refractivity contribution in [3.8, 4) is 5.75 Å². The monoisotopic (exact) mass is 248 g/mol. The van der Waals surface area contributed by atoms with Crippen molar-refractivity contribution >= 4 is 11.9 Å². The molecule has 0 aliphatic carbocycles. The highest BCUT2D eigenvalue weighted by molar-refractivity contribution is 5.92. The first-order chi connectivity index (χ1) is 8.52. The molecule has 0 spiro atoms. The lowest BCUT2D eigenvalue weighted by atomic mass is 10.1. The Hall–Kier alpha value is -2.10. The number of rotatable bonds is 4. The SMILES string of the molecule is CCOC(=O)/C=C/C(=O)Oc1cc(C)ccc1C. The molecule has 0 aliphatic rings. The average Bonchev–Trinajstić information content (AvgIpc) is 2.32. The summed E-state index contributed by atoms with van der Waals surface area (Å²) in [5.74, 6) is -0.666. The Bertz CT molecular complexity index is 475. The maximum atomic E-state index is 11.5. The van der Waals surface area contributed by atoms with E-state index in [2.05, 4.69) is 4.74 Å². The molecule has 0 saturated carbocycles. The van der Waals surface area contributed by atoms with Crippen LogP contribution in [0.5, 0.6) is 5.75 Å². The Kier molecular flexibility index (Phi) is 5.11. The number of hydrogen-bond acceptors (Lipinski definition) is 4. The summed E-state index contributed by atoms with van der Waals surface area (Å²) < 4.78 is 9.77. The lowest BCUT2D eigenvalue weighted by Crippen LogP contribution is -2.07.